The van der Waals surface area contributed by atoms with Crippen LogP contribution in [0.4, 0.5) is 5.69 Å². The van der Waals surface area contributed by atoms with Gasteiger partial charge in [-0.3, -0.25) is 9.59 Å². The summed E-state index contributed by atoms with van der Waals surface area (Å²) in [6, 6.07) is 9.48. The number of esters is 1. The number of ether oxygens (including phenoxy) is 3. The Labute approximate surface area is 173 Å². The highest BCUT2D eigenvalue weighted by Crippen LogP contribution is 2.33. The van der Waals surface area contributed by atoms with Crippen molar-refractivity contribution in [2.45, 2.75) is 6.42 Å². The highest BCUT2D eigenvalue weighted by Gasteiger charge is 2.19. The number of carbonyl (C=O) groups excluding carboxylic acids is 3. The first kappa shape index (κ1) is 22.0. The van der Waals surface area contributed by atoms with E-state index in [2.05, 4.69) is 10.6 Å². The van der Waals surface area contributed by atoms with E-state index in [0.717, 1.165) is 0 Å². The molecule has 0 aliphatic carbocycles. The van der Waals surface area contributed by atoms with Crippen molar-refractivity contribution < 1.29 is 28.6 Å². The standard InChI is InChI=1S/C20H21ClN2O6/c1-27-16-10-13(20(26)29-3)15(11-17(16)28-2)23-18(24)8-9-22-19(25)12-6-4-5-7-14(12)21/h4-7,10-11H,8-9H2,1-3H3,(H,22,25)(H,23,24). The van der Waals surface area contributed by atoms with E-state index < -0.39 is 11.9 Å². The van der Waals surface area contributed by atoms with E-state index in [4.69, 9.17) is 25.8 Å². The third-order valence-electron chi connectivity index (χ3n) is 3.96. The number of hydrogen-bond acceptors (Lipinski definition) is 6. The van der Waals surface area contributed by atoms with E-state index in [1.165, 1.54) is 33.5 Å². The zero-order valence-electron chi connectivity index (χ0n) is 16.2. The van der Waals surface area contributed by atoms with Gasteiger partial charge in [-0.05, 0) is 12.1 Å². The van der Waals surface area contributed by atoms with Gasteiger partial charge in [-0.15, -0.1) is 0 Å². The van der Waals surface area contributed by atoms with Gasteiger partial charge in [-0.1, -0.05) is 23.7 Å². The quantitative estimate of drug-likeness (QED) is 0.636. The van der Waals surface area contributed by atoms with E-state index in [-0.39, 0.29) is 30.1 Å². The Hall–Kier alpha value is -3.26. The minimum absolute atomic E-state index is 0.0227. The first-order chi connectivity index (χ1) is 13.9. The monoisotopic (exact) mass is 420 g/mol. The summed E-state index contributed by atoms with van der Waals surface area (Å²) in [5.41, 5.74) is 0.637. The molecule has 0 atom stereocenters. The van der Waals surface area contributed by atoms with Crippen molar-refractivity contribution in [2.75, 3.05) is 33.2 Å². The van der Waals surface area contributed by atoms with Crippen LogP contribution in [0.3, 0.4) is 0 Å². The molecule has 0 aliphatic heterocycles. The van der Waals surface area contributed by atoms with Gasteiger partial charge >= 0.3 is 5.97 Å². The van der Waals surface area contributed by atoms with Crippen LogP contribution in [-0.4, -0.2) is 45.7 Å². The molecule has 0 saturated heterocycles. The lowest BCUT2D eigenvalue weighted by Gasteiger charge is -2.14. The smallest absolute Gasteiger partial charge is 0.340 e. The van der Waals surface area contributed by atoms with Crippen LogP contribution in [0.25, 0.3) is 0 Å². The number of amides is 2. The van der Waals surface area contributed by atoms with Crippen molar-refractivity contribution >= 4 is 35.1 Å². The Bertz CT molecular complexity index is 916. The van der Waals surface area contributed by atoms with Crippen LogP contribution in [0.2, 0.25) is 5.02 Å². The van der Waals surface area contributed by atoms with Crippen LogP contribution in [0, 0.1) is 0 Å². The molecule has 0 heterocycles. The van der Waals surface area contributed by atoms with Gasteiger partial charge in [0.25, 0.3) is 5.91 Å². The fourth-order valence-electron chi connectivity index (χ4n) is 2.50. The second-order valence-electron chi connectivity index (χ2n) is 5.78. The summed E-state index contributed by atoms with van der Waals surface area (Å²) < 4.78 is 15.1. The molecule has 2 N–H and O–H groups in total. The third-order valence-corrected chi connectivity index (χ3v) is 4.29. The molecule has 0 radical (unpaired) electrons. The summed E-state index contributed by atoms with van der Waals surface area (Å²) in [5, 5.41) is 5.57. The summed E-state index contributed by atoms with van der Waals surface area (Å²) in [6.07, 6.45) is -0.0227. The van der Waals surface area contributed by atoms with E-state index in [0.29, 0.717) is 22.1 Å². The molecule has 0 fully saturated rings. The van der Waals surface area contributed by atoms with Gasteiger partial charge in [0, 0.05) is 25.1 Å². The Morgan fingerprint density at radius 3 is 2.24 bits per heavy atom. The van der Waals surface area contributed by atoms with Gasteiger partial charge in [0.1, 0.15) is 0 Å². The topological polar surface area (TPSA) is 103 Å². The number of hydrogen-bond donors (Lipinski definition) is 2. The Morgan fingerprint density at radius 2 is 1.62 bits per heavy atom. The van der Waals surface area contributed by atoms with E-state index in [1.54, 1.807) is 24.3 Å². The molecular weight excluding hydrogens is 400 g/mol. The van der Waals surface area contributed by atoms with Crippen LogP contribution in [0.15, 0.2) is 36.4 Å². The zero-order valence-corrected chi connectivity index (χ0v) is 17.0. The molecule has 0 saturated carbocycles. The second kappa shape index (κ2) is 10.3. The number of methoxy groups -OCH3 is 3. The largest absolute Gasteiger partial charge is 0.493 e. The lowest BCUT2D eigenvalue weighted by atomic mass is 10.1. The number of nitrogens with one attached hydrogen (secondary N) is 2. The molecule has 2 aromatic rings. The van der Waals surface area contributed by atoms with Crippen molar-refractivity contribution in [3.05, 3.63) is 52.5 Å². The Balaban J connectivity index is 2.05. The van der Waals surface area contributed by atoms with Crippen molar-refractivity contribution in [1.82, 2.24) is 5.32 Å². The zero-order chi connectivity index (χ0) is 21.4. The van der Waals surface area contributed by atoms with Crippen molar-refractivity contribution in [2.24, 2.45) is 0 Å². The summed E-state index contributed by atoms with van der Waals surface area (Å²) in [6.45, 7) is 0.0801. The summed E-state index contributed by atoms with van der Waals surface area (Å²) in [5.74, 6) is -0.791. The number of carbonyl (C=O) groups is 3. The third kappa shape index (κ3) is 5.61. The number of anilines is 1. The van der Waals surface area contributed by atoms with Crippen molar-refractivity contribution in [1.29, 1.82) is 0 Å². The molecule has 0 bridgehead atoms. The van der Waals surface area contributed by atoms with E-state index in [1.807, 2.05) is 0 Å². The molecule has 0 spiro atoms. The summed E-state index contributed by atoms with van der Waals surface area (Å²) in [4.78, 5) is 36.5. The van der Waals surface area contributed by atoms with Crippen LogP contribution in [0.5, 0.6) is 11.5 Å². The van der Waals surface area contributed by atoms with Gasteiger partial charge in [-0.25, -0.2) is 4.79 Å². The van der Waals surface area contributed by atoms with E-state index >= 15 is 0 Å². The Kier molecular flexibility index (Phi) is 7.85. The summed E-state index contributed by atoms with van der Waals surface area (Å²) in [7, 11) is 4.10. The lowest BCUT2D eigenvalue weighted by Crippen LogP contribution is -2.28. The lowest BCUT2D eigenvalue weighted by molar-refractivity contribution is -0.116. The number of rotatable bonds is 8. The molecule has 2 aromatic carbocycles. The summed E-state index contributed by atoms with van der Waals surface area (Å²) >= 11 is 5.98. The average molecular weight is 421 g/mol. The molecule has 0 aromatic heterocycles. The van der Waals surface area contributed by atoms with Gasteiger partial charge in [0.2, 0.25) is 5.91 Å². The molecule has 2 rings (SSSR count). The van der Waals surface area contributed by atoms with Gasteiger partial charge in [0.15, 0.2) is 11.5 Å². The van der Waals surface area contributed by atoms with Gasteiger partial charge in [-0.2, -0.15) is 0 Å². The van der Waals surface area contributed by atoms with E-state index in [9.17, 15) is 14.4 Å². The minimum atomic E-state index is -0.645. The van der Waals surface area contributed by atoms with Crippen LogP contribution < -0.4 is 20.1 Å². The highest BCUT2D eigenvalue weighted by atomic mass is 35.5. The molecule has 9 heteroatoms. The average Bonchev–Trinajstić information content (AvgIpc) is 2.72. The maximum atomic E-state index is 12.3. The first-order valence-electron chi connectivity index (χ1n) is 8.58. The maximum absolute atomic E-state index is 12.3. The van der Waals surface area contributed by atoms with Crippen molar-refractivity contribution in [3.8, 4) is 11.5 Å². The fraction of sp³-hybridized carbons (Fsp3) is 0.250. The van der Waals surface area contributed by atoms with Crippen molar-refractivity contribution in [3.63, 3.8) is 0 Å². The first-order valence-corrected chi connectivity index (χ1v) is 8.96. The molecular formula is C20H21ClN2O6. The molecule has 154 valence electrons. The van der Waals surface area contributed by atoms with Crippen LogP contribution in [-0.2, 0) is 9.53 Å². The molecule has 0 aliphatic rings. The predicted octanol–water partition coefficient (Wildman–Crippen LogP) is 2.90. The minimum Gasteiger partial charge on any atom is -0.493 e. The fourth-order valence-corrected chi connectivity index (χ4v) is 2.73. The molecule has 8 nitrogen and oxygen atoms in total. The second-order valence-corrected chi connectivity index (χ2v) is 6.19. The molecule has 29 heavy (non-hydrogen) atoms. The number of halogens is 1. The molecule has 0 unspecified atom stereocenters. The Morgan fingerprint density at radius 1 is 0.966 bits per heavy atom. The highest BCUT2D eigenvalue weighted by molar-refractivity contribution is 6.33. The molecule has 2 amide bonds. The predicted molar refractivity (Wildman–Crippen MR) is 108 cm³/mol. The van der Waals surface area contributed by atoms with Gasteiger partial charge < -0.3 is 24.8 Å². The number of benzene rings is 2. The van der Waals surface area contributed by atoms with Crippen LogP contribution in [0.1, 0.15) is 27.1 Å². The maximum Gasteiger partial charge on any atom is 0.340 e. The SMILES string of the molecule is COC(=O)c1cc(OC)c(OC)cc1NC(=O)CCNC(=O)c1ccccc1Cl. The van der Waals surface area contributed by atoms with Gasteiger partial charge in [0.05, 0.1) is 43.2 Å². The normalized spacial score (nSPS) is 10.1. The van der Waals surface area contributed by atoms with Crippen LogP contribution >= 0.6 is 11.6 Å².